The number of rotatable bonds is 46. The summed E-state index contributed by atoms with van der Waals surface area (Å²) in [5.41, 5.74) is 0. The van der Waals surface area contributed by atoms with Gasteiger partial charge in [-0.2, -0.15) is 0 Å². The lowest BCUT2D eigenvalue weighted by Gasteiger charge is -2.18. The second kappa shape index (κ2) is 44.9. The molecule has 0 aromatic carbocycles. The van der Waals surface area contributed by atoms with Crippen LogP contribution in [0.1, 0.15) is 285 Å². The molecule has 58 heavy (non-hydrogen) atoms. The third-order valence-electron chi connectivity index (χ3n) is 12.1. The Kier molecular flexibility index (Phi) is 43.7. The fraction of sp³-hybridized carbons (Fsp3) is 0.942. The predicted molar refractivity (Wildman–Crippen MR) is 247 cm³/mol. The largest absolute Gasteiger partial charge is 0.462 e. The minimum absolute atomic E-state index is 0.0638. The summed E-state index contributed by atoms with van der Waals surface area (Å²) in [5, 5.41) is 0. The van der Waals surface area contributed by atoms with Gasteiger partial charge in [-0.05, 0) is 31.1 Å². The van der Waals surface area contributed by atoms with Gasteiger partial charge in [-0.1, -0.05) is 247 Å². The Bertz CT molecular complexity index is 887. The maximum Gasteiger partial charge on any atom is 0.306 e. The van der Waals surface area contributed by atoms with Crippen LogP contribution in [-0.2, 0) is 28.6 Å². The minimum Gasteiger partial charge on any atom is -0.462 e. The highest BCUT2D eigenvalue weighted by Gasteiger charge is 2.19. The van der Waals surface area contributed by atoms with E-state index in [1.807, 2.05) is 0 Å². The number of carbonyl (C=O) groups is 3. The van der Waals surface area contributed by atoms with Crippen LogP contribution >= 0.6 is 0 Å². The Balaban J connectivity index is 4.32. The molecule has 344 valence electrons. The van der Waals surface area contributed by atoms with Crippen LogP contribution in [0, 0.1) is 11.8 Å². The summed E-state index contributed by atoms with van der Waals surface area (Å²) in [7, 11) is 0. The number of unbranched alkanes of at least 4 members (excludes halogenated alkanes) is 30. The zero-order valence-corrected chi connectivity index (χ0v) is 39.7. The van der Waals surface area contributed by atoms with Gasteiger partial charge in [-0.3, -0.25) is 14.4 Å². The van der Waals surface area contributed by atoms with E-state index in [0.717, 1.165) is 69.6 Å². The monoisotopic (exact) mass is 821 g/mol. The van der Waals surface area contributed by atoms with Crippen molar-refractivity contribution in [1.82, 2.24) is 0 Å². The molecule has 6 nitrogen and oxygen atoms in total. The van der Waals surface area contributed by atoms with Crippen molar-refractivity contribution in [3.63, 3.8) is 0 Å². The molecule has 0 saturated heterocycles. The van der Waals surface area contributed by atoms with Gasteiger partial charge in [0, 0.05) is 19.3 Å². The lowest BCUT2D eigenvalue weighted by Crippen LogP contribution is -2.30. The van der Waals surface area contributed by atoms with Crippen LogP contribution in [0.4, 0.5) is 0 Å². The van der Waals surface area contributed by atoms with E-state index in [1.54, 1.807) is 0 Å². The zero-order chi connectivity index (χ0) is 42.6. The maximum absolute atomic E-state index is 12.8. The fourth-order valence-corrected chi connectivity index (χ4v) is 7.78. The van der Waals surface area contributed by atoms with E-state index in [4.69, 9.17) is 14.2 Å². The molecule has 0 aliphatic carbocycles. The van der Waals surface area contributed by atoms with Gasteiger partial charge in [-0.15, -0.1) is 0 Å². The highest BCUT2D eigenvalue weighted by molar-refractivity contribution is 5.71. The number of hydrogen-bond donors (Lipinski definition) is 0. The Morgan fingerprint density at radius 2 is 0.655 bits per heavy atom. The van der Waals surface area contributed by atoms with Gasteiger partial charge >= 0.3 is 17.9 Å². The molecule has 1 unspecified atom stereocenters. The summed E-state index contributed by atoms with van der Waals surface area (Å²) in [6, 6.07) is 0. The first-order valence-electron chi connectivity index (χ1n) is 25.8. The summed E-state index contributed by atoms with van der Waals surface area (Å²) in [6.07, 6.45) is 45.0. The average molecular weight is 821 g/mol. The smallest absolute Gasteiger partial charge is 0.306 e. The molecular weight excluding hydrogens is 721 g/mol. The van der Waals surface area contributed by atoms with Gasteiger partial charge in [-0.25, -0.2) is 0 Å². The summed E-state index contributed by atoms with van der Waals surface area (Å²) >= 11 is 0. The van der Waals surface area contributed by atoms with Gasteiger partial charge in [0.2, 0.25) is 0 Å². The van der Waals surface area contributed by atoms with Gasteiger partial charge in [0.25, 0.3) is 0 Å². The molecule has 0 saturated carbocycles. The van der Waals surface area contributed by atoms with E-state index in [0.29, 0.717) is 19.3 Å². The van der Waals surface area contributed by atoms with Crippen LogP contribution in [-0.4, -0.2) is 37.2 Å². The molecule has 0 amide bonds. The normalized spacial score (nSPS) is 12.5. The molecule has 0 spiro atoms. The van der Waals surface area contributed by atoms with Crippen molar-refractivity contribution < 1.29 is 28.6 Å². The Morgan fingerprint density at radius 1 is 0.362 bits per heavy atom. The highest BCUT2D eigenvalue weighted by Crippen LogP contribution is 2.18. The molecule has 0 aliphatic heterocycles. The lowest BCUT2D eigenvalue weighted by molar-refractivity contribution is -0.167. The van der Waals surface area contributed by atoms with Crippen LogP contribution < -0.4 is 0 Å². The molecule has 0 aliphatic rings. The van der Waals surface area contributed by atoms with Crippen molar-refractivity contribution in [2.45, 2.75) is 291 Å². The molecule has 6 heteroatoms. The van der Waals surface area contributed by atoms with Gasteiger partial charge in [0.15, 0.2) is 6.10 Å². The Hall–Kier alpha value is -1.59. The van der Waals surface area contributed by atoms with E-state index < -0.39 is 6.10 Å². The van der Waals surface area contributed by atoms with Crippen LogP contribution in [0.2, 0.25) is 0 Å². The predicted octanol–water partition coefficient (Wildman–Crippen LogP) is 16.5. The third kappa shape index (κ3) is 44.0. The van der Waals surface area contributed by atoms with Crippen molar-refractivity contribution in [3.8, 4) is 0 Å². The van der Waals surface area contributed by atoms with Crippen LogP contribution in [0.25, 0.3) is 0 Å². The number of carbonyl (C=O) groups excluding carboxylic acids is 3. The van der Waals surface area contributed by atoms with E-state index in [-0.39, 0.29) is 31.1 Å². The van der Waals surface area contributed by atoms with Crippen molar-refractivity contribution in [1.29, 1.82) is 0 Å². The molecule has 0 bridgehead atoms. The number of ether oxygens (including phenoxy) is 3. The van der Waals surface area contributed by atoms with Gasteiger partial charge in [0.1, 0.15) is 13.2 Å². The second-order valence-corrected chi connectivity index (χ2v) is 18.5. The average Bonchev–Trinajstić information content (AvgIpc) is 3.21. The molecule has 0 rings (SSSR count). The lowest BCUT2D eigenvalue weighted by atomic mass is 9.99. The number of hydrogen-bond acceptors (Lipinski definition) is 6. The molecule has 0 radical (unpaired) electrons. The second-order valence-electron chi connectivity index (χ2n) is 18.5. The van der Waals surface area contributed by atoms with E-state index in [1.165, 1.54) is 173 Å². The molecule has 0 heterocycles. The molecule has 0 aromatic rings. The standard InChI is InChI=1S/C52H100O6/c1-6-8-9-10-11-12-15-22-27-32-37-42-50(53)56-45-49(58-52(55)44-39-34-29-24-19-18-21-26-31-36-41-48(5)7-2)46-57-51(54)43-38-33-28-23-17-14-13-16-20-25-30-35-40-47(3)4/h47-49H,6-46H2,1-5H3/t48?,49-/m1/s1. The Labute approximate surface area is 361 Å². The molecule has 0 aromatic heterocycles. The first-order valence-corrected chi connectivity index (χ1v) is 25.8. The van der Waals surface area contributed by atoms with Gasteiger partial charge < -0.3 is 14.2 Å². The fourth-order valence-electron chi connectivity index (χ4n) is 7.78. The summed E-state index contributed by atoms with van der Waals surface area (Å²) in [4.78, 5) is 37.9. The van der Waals surface area contributed by atoms with Crippen LogP contribution in [0.5, 0.6) is 0 Å². The van der Waals surface area contributed by atoms with Gasteiger partial charge in [0.05, 0.1) is 0 Å². The van der Waals surface area contributed by atoms with Crippen molar-refractivity contribution in [3.05, 3.63) is 0 Å². The van der Waals surface area contributed by atoms with Crippen molar-refractivity contribution >= 4 is 17.9 Å². The highest BCUT2D eigenvalue weighted by atomic mass is 16.6. The number of esters is 3. The summed E-state index contributed by atoms with van der Waals surface area (Å²) in [5.74, 6) is 0.852. The van der Waals surface area contributed by atoms with Crippen LogP contribution in [0.15, 0.2) is 0 Å². The zero-order valence-electron chi connectivity index (χ0n) is 39.7. The van der Waals surface area contributed by atoms with E-state index in [9.17, 15) is 14.4 Å². The maximum atomic E-state index is 12.8. The quantitative estimate of drug-likeness (QED) is 0.0346. The van der Waals surface area contributed by atoms with E-state index >= 15 is 0 Å². The third-order valence-corrected chi connectivity index (χ3v) is 12.1. The summed E-state index contributed by atoms with van der Waals surface area (Å²) in [6.45, 7) is 11.4. The summed E-state index contributed by atoms with van der Waals surface area (Å²) < 4.78 is 16.8. The first kappa shape index (κ1) is 56.4. The molecule has 0 fully saturated rings. The Morgan fingerprint density at radius 3 is 0.983 bits per heavy atom. The SMILES string of the molecule is CCCCCCCCCCCCCC(=O)OC[C@H](COC(=O)CCCCCCCCCCCCCCC(C)C)OC(=O)CCCCCCCCCCCCC(C)CC. The molecule has 2 atom stereocenters. The molecule has 0 N–H and O–H groups in total. The van der Waals surface area contributed by atoms with Crippen molar-refractivity contribution in [2.24, 2.45) is 11.8 Å². The first-order chi connectivity index (χ1) is 28.3. The van der Waals surface area contributed by atoms with E-state index in [2.05, 4.69) is 34.6 Å². The molecular formula is C52H100O6. The van der Waals surface area contributed by atoms with Crippen molar-refractivity contribution in [2.75, 3.05) is 13.2 Å². The minimum atomic E-state index is -0.761. The topological polar surface area (TPSA) is 78.9 Å². The van der Waals surface area contributed by atoms with Crippen LogP contribution in [0.3, 0.4) is 0 Å².